The fourth-order valence-corrected chi connectivity index (χ4v) is 2.52. The van der Waals surface area contributed by atoms with Gasteiger partial charge in [-0.3, -0.25) is 0 Å². The molecule has 1 heterocycles. The molecule has 0 atom stereocenters. The Bertz CT molecular complexity index is 650. The summed E-state index contributed by atoms with van der Waals surface area (Å²) in [6.07, 6.45) is 0. The molecule has 4 heteroatoms. The molecule has 0 spiro atoms. The summed E-state index contributed by atoms with van der Waals surface area (Å²) in [6.45, 7) is 4.33. The maximum absolute atomic E-state index is 8.79. The van der Waals surface area contributed by atoms with E-state index in [1.165, 1.54) is 5.69 Å². The third-order valence-corrected chi connectivity index (χ3v) is 3.92. The number of piperazine rings is 1. The van der Waals surface area contributed by atoms with E-state index in [2.05, 4.69) is 35.0 Å². The molecule has 0 aromatic heterocycles. The largest absolute Gasteiger partial charge is 0.457 e. The van der Waals surface area contributed by atoms with Crippen LogP contribution in [0, 0.1) is 11.3 Å². The van der Waals surface area contributed by atoms with Gasteiger partial charge < -0.3 is 14.5 Å². The summed E-state index contributed by atoms with van der Waals surface area (Å²) in [7, 11) is 2.16. The zero-order chi connectivity index (χ0) is 15.4. The summed E-state index contributed by atoms with van der Waals surface area (Å²) < 4.78 is 5.80. The summed E-state index contributed by atoms with van der Waals surface area (Å²) >= 11 is 0. The van der Waals surface area contributed by atoms with Crippen LogP contribution in [0.4, 0.5) is 5.69 Å². The molecule has 1 aliphatic heterocycles. The summed E-state index contributed by atoms with van der Waals surface area (Å²) in [4.78, 5) is 4.74. The van der Waals surface area contributed by atoms with Crippen molar-refractivity contribution >= 4 is 5.69 Å². The van der Waals surface area contributed by atoms with Crippen molar-refractivity contribution in [3.8, 4) is 17.6 Å². The van der Waals surface area contributed by atoms with Gasteiger partial charge in [-0.15, -0.1) is 0 Å². The zero-order valence-electron chi connectivity index (χ0n) is 12.7. The number of hydrogen-bond donors (Lipinski definition) is 0. The van der Waals surface area contributed by atoms with Crippen LogP contribution in [0.3, 0.4) is 0 Å². The summed E-state index contributed by atoms with van der Waals surface area (Å²) in [5.41, 5.74) is 1.87. The van der Waals surface area contributed by atoms with E-state index < -0.39 is 0 Å². The predicted octanol–water partition coefficient (Wildman–Crippen LogP) is 3.10. The lowest BCUT2D eigenvalue weighted by Crippen LogP contribution is -2.44. The van der Waals surface area contributed by atoms with Crippen LogP contribution in [0.2, 0.25) is 0 Å². The van der Waals surface area contributed by atoms with Crippen molar-refractivity contribution in [2.45, 2.75) is 0 Å². The summed E-state index contributed by atoms with van der Waals surface area (Å²) in [5.74, 6) is 1.55. The molecular formula is C18H19N3O. The van der Waals surface area contributed by atoms with Crippen molar-refractivity contribution in [3.05, 3.63) is 54.1 Å². The number of ether oxygens (including phenoxy) is 1. The van der Waals surface area contributed by atoms with E-state index in [0.29, 0.717) is 5.56 Å². The van der Waals surface area contributed by atoms with Gasteiger partial charge in [0.2, 0.25) is 0 Å². The Morgan fingerprint density at radius 1 is 0.864 bits per heavy atom. The highest BCUT2D eigenvalue weighted by atomic mass is 16.5. The third-order valence-electron chi connectivity index (χ3n) is 3.92. The van der Waals surface area contributed by atoms with Crippen molar-refractivity contribution in [2.24, 2.45) is 0 Å². The molecule has 2 aromatic carbocycles. The summed E-state index contributed by atoms with van der Waals surface area (Å²) in [5, 5.41) is 8.79. The molecule has 3 rings (SSSR count). The lowest BCUT2D eigenvalue weighted by molar-refractivity contribution is 0.313. The van der Waals surface area contributed by atoms with Gasteiger partial charge >= 0.3 is 0 Å². The van der Waals surface area contributed by atoms with Crippen LogP contribution >= 0.6 is 0 Å². The normalized spacial score (nSPS) is 15.4. The fraction of sp³-hybridized carbons (Fsp3) is 0.278. The van der Waals surface area contributed by atoms with Crippen molar-refractivity contribution in [1.29, 1.82) is 5.26 Å². The van der Waals surface area contributed by atoms with Gasteiger partial charge in [-0.05, 0) is 55.6 Å². The second kappa shape index (κ2) is 6.50. The highest BCUT2D eigenvalue weighted by molar-refractivity contribution is 5.50. The van der Waals surface area contributed by atoms with Crippen LogP contribution < -0.4 is 9.64 Å². The number of hydrogen-bond acceptors (Lipinski definition) is 4. The first-order chi connectivity index (χ1) is 10.7. The molecule has 112 valence electrons. The Kier molecular flexibility index (Phi) is 4.27. The van der Waals surface area contributed by atoms with E-state index in [1.54, 1.807) is 12.1 Å². The van der Waals surface area contributed by atoms with E-state index in [-0.39, 0.29) is 0 Å². The molecule has 2 aromatic rings. The molecule has 0 aliphatic carbocycles. The summed E-state index contributed by atoms with van der Waals surface area (Å²) in [6, 6.07) is 17.4. The maximum Gasteiger partial charge on any atom is 0.127 e. The number of benzene rings is 2. The first kappa shape index (κ1) is 14.4. The standard InChI is InChI=1S/C18H19N3O/c1-20-10-12-21(13-11-20)16-4-8-18(9-5-16)22-17-6-2-15(14-19)3-7-17/h2-9H,10-13H2,1H3. The van der Waals surface area contributed by atoms with Gasteiger partial charge in [0.15, 0.2) is 0 Å². The van der Waals surface area contributed by atoms with E-state index in [4.69, 9.17) is 10.00 Å². The molecule has 22 heavy (non-hydrogen) atoms. The SMILES string of the molecule is CN1CCN(c2ccc(Oc3ccc(C#N)cc3)cc2)CC1. The Balaban J connectivity index is 1.65. The topological polar surface area (TPSA) is 39.5 Å². The van der Waals surface area contributed by atoms with Gasteiger partial charge in [-0.25, -0.2) is 0 Å². The van der Waals surface area contributed by atoms with Crippen LogP contribution in [0.1, 0.15) is 5.56 Å². The lowest BCUT2D eigenvalue weighted by atomic mass is 10.2. The van der Waals surface area contributed by atoms with Gasteiger partial charge in [0.25, 0.3) is 0 Å². The number of likely N-dealkylation sites (N-methyl/N-ethyl adjacent to an activating group) is 1. The first-order valence-corrected chi connectivity index (χ1v) is 7.46. The van der Waals surface area contributed by atoms with Crippen molar-refractivity contribution in [2.75, 3.05) is 38.1 Å². The van der Waals surface area contributed by atoms with Crippen LogP contribution in [-0.2, 0) is 0 Å². The molecule has 1 aliphatic rings. The van der Waals surface area contributed by atoms with Crippen molar-refractivity contribution in [3.63, 3.8) is 0 Å². The molecular weight excluding hydrogens is 274 g/mol. The maximum atomic E-state index is 8.79. The number of nitriles is 1. The molecule has 1 saturated heterocycles. The Morgan fingerprint density at radius 2 is 1.41 bits per heavy atom. The number of nitrogens with zero attached hydrogens (tertiary/aromatic N) is 3. The van der Waals surface area contributed by atoms with E-state index in [9.17, 15) is 0 Å². The average Bonchev–Trinajstić information content (AvgIpc) is 2.57. The minimum absolute atomic E-state index is 0.637. The van der Waals surface area contributed by atoms with Gasteiger partial charge in [-0.1, -0.05) is 0 Å². The first-order valence-electron chi connectivity index (χ1n) is 7.46. The predicted molar refractivity (Wildman–Crippen MR) is 87.4 cm³/mol. The zero-order valence-corrected chi connectivity index (χ0v) is 12.7. The fourth-order valence-electron chi connectivity index (χ4n) is 2.52. The van der Waals surface area contributed by atoms with Crippen molar-refractivity contribution < 1.29 is 4.74 Å². The lowest BCUT2D eigenvalue weighted by Gasteiger charge is -2.34. The molecule has 0 radical (unpaired) electrons. The van der Waals surface area contributed by atoms with E-state index >= 15 is 0 Å². The Hall–Kier alpha value is -2.51. The van der Waals surface area contributed by atoms with Gasteiger partial charge in [0, 0.05) is 31.9 Å². The highest BCUT2D eigenvalue weighted by Gasteiger charge is 2.14. The number of rotatable bonds is 3. The monoisotopic (exact) mass is 293 g/mol. The third kappa shape index (κ3) is 3.38. The smallest absolute Gasteiger partial charge is 0.127 e. The molecule has 0 bridgehead atoms. The van der Waals surface area contributed by atoms with Crippen LogP contribution in [-0.4, -0.2) is 38.1 Å². The van der Waals surface area contributed by atoms with Crippen LogP contribution in [0.25, 0.3) is 0 Å². The van der Waals surface area contributed by atoms with Gasteiger partial charge in [0.05, 0.1) is 11.6 Å². The molecule has 0 unspecified atom stereocenters. The van der Waals surface area contributed by atoms with Gasteiger partial charge in [-0.2, -0.15) is 5.26 Å². The molecule has 0 saturated carbocycles. The molecule has 0 amide bonds. The quantitative estimate of drug-likeness (QED) is 0.872. The molecule has 0 N–H and O–H groups in total. The second-order valence-electron chi connectivity index (χ2n) is 5.52. The van der Waals surface area contributed by atoms with E-state index in [1.807, 2.05) is 24.3 Å². The molecule has 4 nitrogen and oxygen atoms in total. The molecule has 1 fully saturated rings. The van der Waals surface area contributed by atoms with Crippen molar-refractivity contribution in [1.82, 2.24) is 4.90 Å². The minimum atomic E-state index is 0.637. The Labute approximate surface area is 131 Å². The van der Waals surface area contributed by atoms with Crippen LogP contribution in [0.15, 0.2) is 48.5 Å². The highest BCUT2D eigenvalue weighted by Crippen LogP contribution is 2.25. The second-order valence-corrected chi connectivity index (χ2v) is 5.52. The average molecular weight is 293 g/mol. The van der Waals surface area contributed by atoms with E-state index in [0.717, 1.165) is 37.7 Å². The van der Waals surface area contributed by atoms with Crippen LogP contribution in [0.5, 0.6) is 11.5 Å². The minimum Gasteiger partial charge on any atom is -0.457 e. The van der Waals surface area contributed by atoms with Gasteiger partial charge in [0.1, 0.15) is 11.5 Å². The Morgan fingerprint density at radius 3 is 1.95 bits per heavy atom. The number of anilines is 1.